The minimum atomic E-state index is 0.282. The molecule has 0 aromatic heterocycles. The Balaban J connectivity index is 2.82. The van der Waals surface area contributed by atoms with Gasteiger partial charge in [0, 0.05) is 6.04 Å². The van der Waals surface area contributed by atoms with E-state index < -0.39 is 0 Å². The molecule has 0 radical (unpaired) electrons. The summed E-state index contributed by atoms with van der Waals surface area (Å²) in [5.41, 5.74) is 8.39. The van der Waals surface area contributed by atoms with E-state index >= 15 is 0 Å². The third-order valence-corrected chi connectivity index (χ3v) is 3.56. The van der Waals surface area contributed by atoms with Crippen LogP contribution in [0, 0.1) is 26.7 Å². The van der Waals surface area contributed by atoms with E-state index in [0.29, 0.717) is 0 Å². The zero-order valence-electron chi connectivity index (χ0n) is 12.5. The predicted octanol–water partition coefficient (Wildman–Crippen LogP) is 3.94. The number of hydrogen-bond acceptors (Lipinski definition) is 2. The molecule has 0 heterocycles. The first-order chi connectivity index (χ1) is 8.45. The van der Waals surface area contributed by atoms with E-state index in [0.717, 1.165) is 12.3 Å². The van der Waals surface area contributed by atoms with Gasteiger partial charge in [0.1, 0.15) is 0 Å². The number of nitrogens with one attached hydrogen (secondary N) is 1. The van der Waals surface area contributed by atoms with Crippen molar-refractivity contribution in [1.82, 2.24) is 5.43 Å². The molecule has 0 bridgehead atoms. The second-order valence-electron chi connectivity index (χ2n) is 5.86. The Bertz CT molecular complexity index is 360. The first kappa shape index (κ1) is 15.2. The SMILES string of the molecule is Cc1cc(C)c(C(CCCC(C)C)NN)c(C)c1. The lowest BCUT2D eigenvalue weighted by Crippen LogP contribution is -2.29. The van der Waals surface area contributed by atoms with Crippen LogP contribution in [0.5, 0.6) is 0 Å². The van der Waals surface area contributed by atoms with Crippen molar-refractivity contribution < 1.29 is 0 Å². The third-order valence-electron chi connectivity index (χ3n) is 3.56. The van der Waals surface area contributed by atoms with Gasteiger partial charge in [0.05, 0.1) is 0 Å². The second kappa shape index (κ2) is 6.91. The van der Waals surface area contributed by atoms with Crippen molar-refractivity contribution in [2.75, 3.05) is 0 Å². The van der Waals surface area contributed by atoms with Crippen LogP contribution in [0.2, 0.25) is 0 Å². The van der Waals surface area contributed by atoms with Crippen molar-refractivity contribution in [3.05, 3.63) is 34.4 Å². The molecule has 0 amide bonds. The Morgan fingerprint density at radius 2 is 1.61 bits per heavy atom. The largest absolute Gasteiger partial charge is 0.271 e. The molecular formula is C16H28N2. The molecule has 0 fully saturated rings. The van der Waals surface area contributed by atoms with Gasteiger partial charge in [-0.25, -0.2) is 0 Å². The Hall–Kier alpha value is -0.860. The number of hydrogen-bond donors (Lipinski definition) is 2. The van der Waals surface area contributed by atoms with Crippen LogP contribution >= 0.6 is 0 Å². The van der Waals surface area contributed by atoms with Crippen LogP contribution in [0.1, 0.15) is 61.4 Å². The fraction of sp³-hybridized carbons (Fsp3) is 0.625. The van der Waals surface area contributed by atoms with Crippen LogP contribution in [0.3, 0.4) is 0 Å². The minimum Gasteiger partial charge on any atom is -0.271 e. The predicted molar refractivity (Wildman–Crippen MR) is 79.4 cm³/mol. The molecule has 1 unspecified atom stereocenters. The maximum Gasteiger partial charge on any atom is 0.0465 e. The zero-order valence-corrected chi connectivity index (χ0v) is 12.5. The first-order valence-corrected chi connectivity index (χ1v) is 6.99. The van der Waals surface area contributed by atoms with E-state index in [1.54, 1.807) is 0 Å². The standard InChI is InChI=1S/C16H28N2/c1-11(2)7-6-8-15(18-17)16-13(4)9-12(3)10-14(16)5/h9-11,15,18H,6-8,17H2,1-5H3. The number of hydrazine groups is 1. The number of aryl methyl sites for hydroxylation is 3. The van der Waals surface area contributed by atoms with Gasteiger partial charge in [0.25, 0.3) is 0 Å². The van der Waals surface area contributed by atoms with Crippen molar-refractivity contribution in [2.45, 2.75) is 59.9 Å². The molecule has 2 nitrogen and oxygen atoms in total. The van der Waals surface area contributed by atoms with Gasteiger partial charge in [-0.2, -0.15) is 0 Å². The zero-order chi connectivity index (χ0) is 13.7. The number of nitrogens with two attached hydrogens (primary N) is 1. The van der Waals surface area contributed by atoms with E-state index in [1.807, 2.05) is 0 Å². The van der Waals surface area contributed by atoms with E-state index in [-0.39, 0.29) is 6.04 Å². The molecule has 0 aliphatic heterocycles. The molecule has 102 valence electrons. The van der Waals surface area contributed by atoms with E-state index in [9.17, 15) is 0 Å². The average molecular weight is 248 g/mol. The van der Waals surface area contributed by atoms with E-state index in [4.69, 9.17) is 5.84 Å². The highest BCUT2D eigenvalue weighted by atomic mass is 15.2. The van der Waals surface area contributed by atoms with Crippen molar-refractivity contribution in [1.29, 1.82) is 0 Å². The van der Waals surface area contributed by atoms with Crippen LogP contribution in [0.15, 0.2) is 12.1 Å². The molecule has 0 spiro atoms. The highest BCUT2D eigenvalue weighted by Gasteiger charge is 2.15. The fourth-order valence-corrected chi connectivity index (χ4v) is 2.78. The second-order valence-corrected chi connectivity index (χ2v) is 5.86. The summed E-state index contributed by atoms with van der Waals surface area (Å²) >= 11 is 0. The lowest BCUT2D eigenvalue weighted by atomic mass is 9.91. The normalized spacial score (nSPS) is 13.1. The Labute approximate surface area is 112 Å². The van der Waals surface area contributed by atoms with Gasteiger partial charge in [0.2, 0.25) is 0 Å². The van der Waals surface area contributed by atoms with Crippen LogP contribution < -0.4 is 11.3 Å². The highest BCUT2D eigenvalue weighted by molar-refractivity contribution is 5.39. The molecule has 1 aromatic carbocycles. The molecule has 2 heteroatoms. The molecule has 1 aromatic rings. The molecule has 1 atom stereocenters. The number of rotatable bonds is 6. The molecule has 1 rings (SSSR count). The van der Waals surface area contributed by atoms with Gasteiger partial charge in [0.15, 0.2) is 0 Å². The Morgan fingerprint density at radius 3 is 2.06 bits per heavy atom. The third kappa shape index (κ3) is 4.11. The summed E-state index contributed by atoms with van der Waals surface area (Å²) in [7, 11) is 0. The summed E-state index contributed by atoms with van der Waals surface area (Å²) in [5.74, 6) is 6.51. The summed E-state index contributed by atoms with van der Waals surface area (Å²) in [6.45, 7) is 11.1. The molecule has 0 saturated carbocycles. The molecule has 18 heavy (non-hydrogen) atoms. The number of benzene rings is 1. The van der Waals surface area contributed by atoms with Crippen molar-refractivity contribution >= 4 is 0 Å². The fourth-order valence-electron chi connectivity index (χ4n) is 2.78. The molecule has 3 N–H and O–H groups in total. The van der Waals surface area contributed by atoms with Crippen LogP contribution in [-0.2, 0) is 0 Å². The average Bonchev–Trinajstić information content (AvgIpc) is 2.25. The summed E-state index contributed by atoms with van der Waals surface area (Å²) in [6, 6.07) is 4.77. The maximum absolute atomic E-state index is 5.75. The minimum absolute atomic E-state index is 0.282. The molecule has 0 saturated heterocycles. The first-order valence-electron chi connectivity index (χ1n) is 6.99. The summed E-state index contributed by atoms with van der Waals surface area (Å²) < 4.78 is 0. The molecule has 0 aliphatic rings. The van der Waals surface area contributed by atoms with Crippen molar-refractivity contribution in [3.63, 3.8) is 0 Å². The van der Waals surface area contributed by atoms with Gasteiger partial charge >= 0.3 is 0 Å². The topological polar surface area (TPSA) is 38.0 Å². The Kier molecular flexibility index (Phi) is 5.83. The summed E-state index contributed by atoms with van der Waals surface area (Å²) in [4.78, 5) is 0. The Morgan fingerprint density at radius 1 is 1.06 bits per heavy atom. The highest BCUT2D eigenvalue weighted by Crippen LogP contribution is 2.27. The van der Waals surface area contributed by atoms with Gasteiger partial charge in [-0.1, -0.05) is 44.4 Å². The monoisotopic (exact) mass is 248 g/mol. The van der Waals surface area contributed by atoms with Gasteiger partial charge in [-0.15, -0.1) is 0 Å². The quantitative estimate of drug-likeness (QED) is 0.591. The summed E-state index contributed by atoms with van der Waals surface area (Å²) in [6.07, 6.45) is 3.60. The maximum atomic E-state index is 5.75. The van der Waals surface area contributed by atoms with Crippen molar-refractivity contribution in [3.8, 4) is 0 Å². The van der Waals surface area contributed by atoms with E-state index in [2.05, 4.69) is 52.2 Å². The molecule has 0 aliphatic carbocycles. The van der Waals surface area contributed by atoms with Gasteiger partial charge < -0.3 is 0 Å². The lowest BCUT2D eigenvalue weighted by molar-refractivity contribution is 0.452. The summed E-state index contributed by atoms with van der Waals surface area (Å²) in [5, 5.41) is 0. The van der Waals surface area contributed by atoms with Gasteiger partial charge in [-0.3, -0.25) is 11.3 Å². The van der Waals surface area contributed by atoms with Gasteiger partial charge in [-0.05, 0) is 49.8 Å². The van der Waals surface area contributed by atoms with Crippen LogP contribution in [0.25, 0.3) is 0 Å². The van der Waals surface area contributed by atoms with E-state index in [1.165, 1.54) is 35.1 Å². The smallest absolute Gasteiger partial charge is 0.0465 e. The van der Waals surface area contributed by atoms with Crippen LogP contribution in [-0.4, -0.2) is 0 Å². The van der Waals surface area contributed by atoms with Crippen LogP contribution in [0.4, 0.5) is 0 Å². The van der Waals surface area contributed by atoms with Crippen molar-refractivity contribution in [2.24, 2.45) is 11.8 Å². The lowest BCUT2D eigenvalue weighted by Gasteiger charge is -2.22. The molecular weight excluding hydrogens is 220 g/mol.